The van der Waals surface area contributed by atoms with Gasteiger partial charge >= 0.3 is 0 Å². The van der Waals surface area contributed by atoms with E-state index in [-0.39, 0.29) is 0 Å². The van der Waals surface area contributed by atoms with Crippen LogP contribution in [0.1, 0.15) is 0 Å². The molecule has 3 nitrogen and oxygen atoms in total. The van der Waals surface area contributed by atoms with Gasteiger partial charge in [-0.2, -0.15) is 0 Å². The van der Waals surface area contributed by atoms with E-state index in [0.29, 0.717) is 4.90 Å². The summed E-state index contributed by atoms with van der Waals surface area (Å²) in [5.41, 5.74) is 0. The fraction of sp³-hybridized carbons (Fsp3) is 0.167. The van der Waals surface area contributed by atoms with Crippen LogP contribution in [0, 0.1) is 0 Å². The maximum atomic E-state index is 11.4. The van der Waals surface area contributed by atoms with Crippen molar-refractivity contribution in [3.8, 4) is 5.75 Å². The van der Waals surface area contributed by atoms with Crippen molar-refractivity contribution in [2.75, 3.05) is 13.4 Å². The van der Waals surface area contributed by atoms with E-state index in [9.17, 15) is 8.42 Å². The molecule has 16 heavy (non-hydrogen) atoms. The zero-order valence-corrected chi connectivity index (χ0v) is 9.91. The molecule has 0 fully saturated rings. The van der Waals surface area contributed by atoms with E-state index >= 15 is 0 Å². The SMILES string of the molecule is COc1ccc2ccc(S(C)(=O)=O)cc2c1. The van der Waals surface area contributed by atoms with E-state index < -0.39 is 9.84 Å². The van der Waals surface area contributed by atoms with Crippen molar-refractivity contribution in [1.82, 2.24) is 0 Å². The molecule has 2 aromatic carbocycles. The number of benzene rings is 2. The van der Waals surface area contributed by atoms with Gasteiger partial charge in [-0.1, -0.05) is 12.1 Å². The first kappa shape index (κ1) is 11.0. The molecule has 0 aromatic heterocycles. The van der Waals surface area contributed by atoms with Crippen molar-refractivity contribution in [2.45, 2.75) is 4.90 Å². The van der Waals surface area contributed by atoms with Crippen molar-refractivity contribution in [1.29, 1.82) is 0 Å². The van der Waals surface area contributed by atoms with Gasteiger partial charge in [-0.15, -0.1) is 0 Å². The molecule has 2 rings (SSSR count). The second-order valence-corrected chi connectivity index (χ2v) is 5.66. The number of methoxy groups -OCH3 is 1. The predicted octanol–water partition coefficient (Wildman–Crippen LogP) is 2.25. The molecule has 0 unspecified atom stereocenters. The highest BCUT2D eigenvalue weighted by atomic mass is 32.2. The van der Waals surface area contributed by atoms with Crippen LogP contribution < -0.4 is 4.74 Å². The van der Waals surface area contributed by atoms with Crippen molar-refractivity contribution in [3.63, 3.8) is 0 Å². The Balaban J connectivity index is 2.69. The van der Waals surface area contributed by atoms with E-state index in [4.69, 9.17) is 4.74 Å². The Kier molecular flexibility index (Phi) is 2.59. The molecule has 0 aliphatic heterocycles. The lowest BCUT2D eigenvalue weighted by Crippen LogP contribution is -1.96. The Hall–Kier alpha value is -1.55. The largest absolute Gasteiger partial charge is 0.497 e. The van der Waals surface area contributed by atoms with Crippen LogP contribution in [-0.2, 0) is 9.84 Å². The van der Waals surface area contributed by atoms with Gasteiger partial charge in [0, 0.05) is 6.26 Å². The Morgan fingerprint density at radius 2 is 1.69 bits per heavy atom. The maximum absolute atomic E-state index is 11.4. The molecule has 0 heterocycles. The van der Waals surface area contributed by atoms with Crippen LogP contribution in [0.15, 0.2) is 41.3 Å². The summed E-state index contributed by atoms with van der Waals surface area (Å²) in [6.45, 7) is 0. The van der Waals surface area contributed by atoms with Crippen LogP contribution in [0.4, 0.5) is 0 Å². The maximum Gasteiger partial charge on any atom is 0.175 e. The quantitative estimate of drug-likeness (QED) is 0.803. The summed E-state index contributed by atoms with van der Waals surface area (Å²) in [5.74, 6) is 0.721. The van der Waals surface area contributed by atoms with Crippen molar-refractivity contribution in [2.24, 2.45) is 0 Å². The van der Waals surface area contributed by atoms with E-state index in [1.807, 2.05) is 18.2 Å². The highest BCUT2D eigenvalue weighted by molar-refractivity contribution is 7.90. The monoisotopic (exact) mass is 236 g/mol. The Morgan fingerprint density at radius 1 is 1.00 bits per heavy atom. The molecular weight excluding hydrogens is 224 g/mol. The predicted molar refractivity (Wildman–Crippen MR) is 63.6 cm³/mol. The van der Waals surface area contributed by atoms with Gasteiger partial charge in [0.05, 0.1) is 12.0 Å². The fourth-order valence-electron chi connectivity index (χ4n) is 1.56. The molecule has 0 amide bonds. The molecule has 2 aromatic rings. The topological polar surface area (TPSA) is 43.4 Å². The number of hydrogen-bond acceptors (Lipinski definition) is 3. The summed E-state index contributed by atoms with van der Waals surface area (Å²) in [4.78, 5) is 0.327. The summed E-state index contributed by atoms with van der Waals surface area (Å²) >= 11 is 0. The number of ether oxygens (including phenoxy) is 1. The van der Waals surface area contributed by atoms with Gasteiger partial charge in [0.2, 0.25) is 0 Å². The number of rotatable bonds is 2. The zero-order chi connectivity index (χ0) is 11.8. The third-order valence-electron chi connectivity index (χ3n) is 2.45. The van der Waals surface area contributed by atoms with E-state index in [0.717, 1.165) is 16.5 Å². The minimum atomic E-state index is -3.15. The van der Waals surface area contributed by atoms with Gasteiger partial charge in [0.25, 0.3) is 0 Å². The average Bonchev–Trinajstić information content (AvgIpc) is 2.26. The first-order valence-electron chi connectivity index (χ1n) is 4.78. The highest BCUT2D eigenvalue weighted by Crippen LogP contribution is 2.23. The van der Waals surface area contributed by atoms with Gasteiger partial charge in [-0.25, -0.2) is 8.42 Å². The summed E-state index contributed by atoms with van der Waals surface area (Å²) < 4.78 is 27.9. The molecule has 4 heteroatoms. The Bertz CT molecular complexity index is 630. The van der Waals surface area contributed by atoms with E-state index in [2.05, 4.69) is 0 Å². The first-order valence-corrected chi connectivity index (χ1v) is 6.68. The lowest BCUT2D eigenvalue weighted by molar-refractivity contribution is 0.415. The minimum Gasteiger partial charge on any atom is -0.497 e. The van der Waals surface area contributed by atoms with Crippen LogP contribution in [0.3, 0.4) is 0 Å². The van der Waals surface area contributed by atoms with Gasteiger partial charge in [0.15, 0.2) is 9.84 Å². The second kappa shape index (κ2) is 3.79. The van der Waals surface area contributed by atoms with Crippen LogP contribution in [0.25, 0.3) is 10.8 Å². The summed E-state index contributed by atoms with van der Waals surface area (Å²) in [5, 5.41) is 1.86. The number of fused-ring (bicyclic) bond motifs is 1. The Morgan fingerprint density at radius 3 is 2.31 bits per heavy atom. The second-order valence-electron chi connectivity index (χ2n) is 3.65. The smallest absolute Gasteiger partial charge is 0.175 e. The third-order valence-corrected chi connectivity index (χ3v) is 3.56. The molecule has 0 spiro atoms. The lowest BCUT2D eigenvalue weighted by Gasteiger charge is -2.04. The van der Waals surface area contributed by atoms with Crippen LogP contribution in [0.2, 0.25) is 0 Å². The van der Waals surface area contributed by atoms with Crippen LogP contribution in [-0.4, -0.2) is 21.8 Å². The third kappa shape index (κ3) is 2.02. The van der Waals surface area contributed by atoms with Crippen LogP contribution >= 0.6 is 0 Å². The molecule has 0 saturated carbocycles. The Labute approximate surface area is 94.6 Å². The molecule has 0 saturated heterocycles. The van der Waals surface area contributed by atoms with Gasteiger partial charge < -0.3 is 4.74 Å². The summed E-state index contributed by atoms with van der Waals surface area (Å²) in [6.07, 6.45) is 1.20. The standard InChI is InChI=1S/C12H12O3S/c1-15-11-5-3-9-4-6-12(16(2,13)14)8-10(9)7-11/h3-8H,1-2H3. The molecular formula is C12H12O3S. The normalized spacial score (nSPS) is 11.6. The van der Waals surface area contributed by atoms with Crippen LogP contribution in [0.5, 0.6) is 5.75 Å². The van der Waals surface area contributed by atoms with Crippen molar-refractivity contribution < 1.29 is 13.2 Å². The average molecular weight is 236 g/mol. The minimum absolute atomic E-state index is 0.327. The highest BCUT2D eigenvalue weighted by Gasteiger charge is 2.07. The first-order chi connectivity index (χ1) is 7.50. The van der Waals surface area contributed by atoms with Gasteiger partial charge in [-0.3, -0.25) is 0 Å². The lowest BCUT2D eigenvalue weighted by atomic mass is 10.1. The van der Waals surface area contributed by atoms with Crippen molar-refractivity contribution >= 4 is 20.6 Å². The van der Waals surface area contributed by atoms with Crippen molar-refractivity contribution in [3.05, 3.63) is 36.4 Å². The van der Waals surface area contributed by atoms with E-state index in [1.165, 1.54) is 6.26 Å². The molecule has 0 bridgehead atoms. The fourth-order valence-corrected chi connectivity index (χ4v) is 2.22. The molecule has 0 aliphatic rings. The number of sulfone groups is 1. The van der Waals surface area contributed by atoms with Gasteiger partial charge in [0.1, 0.15) is 5.75 Å². The molecule has 0 N–H and O–H groups in total. The zero-order valence-electron chi connectivity index (χ0n) is 9.10. The molecule has 84 valence electrons. The summed E-state index contributed by atoms with van der Waals surface area (Å²) in [6, 6.07) is 10.6. The number of hydrogen-bond donors (Lipinski definition) is 0. The molecule has 0 atom stereocenters. The molecule has 0 radical (unpaired) electrons. The van der Waals surface area contributed by atoms with E-state index in [1.54, 1.807) is 25.3 Å². The molecule has 0 aliphatic carbocycles. The van der Waals surface area contributed by atoms with Gasteiger partial charge in [-0.05, 0) is 35.0 Å². The summed E-state index contributed by atoms with van der Waals surface area (Å²) in [7, 11) is -1.57.